The first-order valence-corrected chi connectivity index (χ1v) is 16.7. The van der Waals surface area contributed by atoms with Crippen LogP contribution < -0.4 is 0 Å². The van der Waals surface area contributed by atoms with Gasteiger partial charge in [0, 0.05) is 55.7 Å². The van der Waals surface area contributed by atoms with E-state index in [0.717, 1.165) is 0 Å². The Balaban J connectivity index is 1.28. The molecule has 1 amide bonds. The third-order valence-electron chi connectivity index (χ3n) is 9.13. The summed E-state index contributed by atoms with van der Waals surface area (Å²) in [5.74, 6) is -3.24. The van der Waals surface area contributed by atoms with Crippen LogP contribution >= 0.6 is 11.6 Å². The number of benzene rings is 1. The predicted molar refractivity (Wildman–Crippen MR) is 155 cm³/mol. The van der Waals surface area contributed by atoms with E-state index >= 15 is 0 Å². The molecule has 3 saturated heterocycles. The molecular weight excluding hydrogens is 591 g/mol. The van der Waals surface area contributed by atoms with Gasteiger partial charge in [-0.05, 0) is 62.7 Å². The number of rotatable bonds is 6. The van der Waals surface area contributed by atoms with Crippen LogP contribution in [-0.2, 0) is 14.8 Å². The fourth-order valence-corrected chi connectivity index (χ4v) is 8.86. The molecule has 0 radical (unpaired) electrons. The summed E-state index contributed by atoms with van der Waals surface area (Å²) in [5, 5.41) is 0.575. The number of amides is 1. The molecule has 42 heavy (non-hydrogen) atoms. The van der Waals surface area contributed by atoms with Crippen LogP contribution in [0.5, 0.6) is 0 Å². The van der Waals surface area contributed by atoms with Gasteiger partial charge >= 0.3 is 6.09 Å². The van der Waals surface area contributed by atoms with Gasteiger partial charge in [0.1, 0.15) is 12.4 Å². The van der Waals surface area contributed by atoms with E-state index in [4.69, 9.17) is 16.3 Å². The zero-order valence-corrected chi connectivity index (χ0v) is 25.4. The van der Waals surface area contributed by atoms with Crippen LogP contribution in [0, 0.1) is 11.7 Å². The normalized spacial score (nSPS) is 28.2. The molecule has 1 aliphatic carbocycles. The maximum atomic E-state index is 15.0. The largest absolute Gasteiger partial charge is 0.448 e. The molecule has 3 fully saturated rings. The highest BCUT2D eigenvalue weighted by Gasteiger charge is 2.44. The summed E-state index contributed by atoms with van der Waals surface area (Å²) in [5.41, 5.74) is 0.299. The molecule has 0 N–H and O–H groups in total. The fourth-order valence-electron chi connectivity index (χ4n) is 6.63. The van der Waals surface area contributed by atoms with Crippen LogP contribution in [0.4, 0.5) is 18.0 Å². The summed E-state index contributed by atoms with van der Waals surface area (Å²) >= 11 is 6.23. The summed E-state index contributed by atoms with van der Waals surface area (Å²) in [7, 11) is -4.04. The highest BCUT2D eigenvalue weighted by Crippen LogP contribution is 2.42. The highest BCUT2D eigenvalue weighted by atomic mass is 35.5. The number of nitrogens with zero attached hydrogens (tertiary/aromatic N) is 3. The molecule has 1 unspecified atom stereocenters. The molecule has 3 aliphatic heterocycles. The summed E-state index contributed by atoms with van der Waals surface area (Å²) in [4.78, 5) is 17.0. The van der Waals surface area contributed by atoms with E-state index in [0.29, 0.717) is 68.9 Å². The van der Waals surface area contributed by atoms with Gasteiger partial charge in [-0.15, -0.1) is 0 Å². The van der Waals surface area contributed by atoms with E-state index < -0.39 is 39.9 Å². The number of carbonyl (C=O) groups excluding carboxylic acids is 1. The lowest BCUT2D eigenvalue weighted by Crippen LogP contribution is -2.51. The monoisotopic (exact) mass is 629 g/mol. The van der Waals surface area contributed by atoms with Gasteiger partial charge in [0.15, 0.2) is 0 Å². The maximum absolute atomic E-state index is 15.0. The number of likely N-dealkylation sites (tertiary alicyclic amines) is 2. The molecule has 0 spiro atoms. The van der Waals surface area contributed by atoms with Crippen molar-refractivity contribution in [3.8, 4) is 0 Å². The van der Waals surface area contributed by atoms with Crippen molar-refractivity contribution in [3.63, 3.8) is 0 Å². The van der Waals surface area contributed by atoms with Gasteiger partial charge in [0.25, 0.3) is 5.92 Å². The Bertz CT molecular complexity index is 1310. The number of sulfonamides is 1. The first-order chi connectivity index (χ1) is 20.0. The number of alkyl halides is 2. The lowest BCUT2D eigenvalue weighted by Gasteiger charge is -2.42. The molecule has 0 bridgehead atoms. The second-order valence-electron chi connectivity index (χ2n) is 11.9. The second-order valence-corrected chi connectivity index (χ2v) is 14.3. The second kappa shape index (κ2) is 12.9. The van der Waals surface area contributed by atoms with Gasteiger partial charge in [-0.25, -0.2) is 26.4 Å². The Hall–Kier alpha value is -2.08. The zero-order chi connectivity index (χ0) is 30.1. The fraction of sp³-hybridized carbons (Fsp3) is 0.633. The van der Waals surface area contributed by atoms with Crippen molar-refractivity contribution < 1.29 is 31.1 Å². The van der Waals surface area contributed by atoms with E-state index in [2.05, 4.69) is 4.90 Å². The predicted octanol–water partition coefficient (Wildman–Crippen LogP) is 6.43. The Labute approximate surface area is 251 Å². The van der Waals surface area contributed by atoms with E-state index in [-0.39, 0.29) is 42.7 Å². The van der Waals surface area contributed by atoms with Crippen molar-refractivity contribution in [3.05, 3.63) is 57.7 Å². The van der Waals surface area contributed by atoms with Gasteiger partial charge in [-0.3, -0.25) is 4.90 Å². The molecule has 12 heteroatoms. The third-order valence-corrected chi connectivity index (χ3v) is 11.7. The smallest absolute Gasteiger partial charge is 0.409 e. The van der Waals surface area contributed by atoms with Crippen molar-refractivity contribution >= 4 is 27.7 Å². The number of piperidine rings is 3. The molecule has 232 valence electrons. The van der Waals surface area contributed by atoms with Gasteiger partial charge < -0.3 is 9.64 Å². The molecule has 4 aliphatic rings. The molecule has 3 atom stereocenters. The van der Waals surface area contributed by atoms with Crippen molar-refractivity contribution in [2.45, 2.75) is 82.3 Å². The summed E-state index contributed by atoms with van der Waals surface area (Å²) < 4.78 is 77.4. The minimum absolute atomic E-state index is 0.136. The number of carbonyl (C=O) groups is 1. The number of allylic oxidation sites excluding steroid dienone is 4. The highest BCUT2D eigenvalue weighted by molar-refractivity contribution is 7.93. The van der Waals surface area contributed by atoms with Crippen LogP contribution in [0.1, 0.15) is 69.9 Å². The number of hydrogen-bond donors (Lipinski definition) is 0. The summed E-state index contributed by atoms with van der Waals surface area (Å²) in [6, 6.07) is 4.95. The lowest BCUT2D eigenvalue weighted by molar-refractivity contribution is -0.0672. The van der Waals surface area contributed by atoms with Crippen LogP contribution in [0.2, 0.25) is 0 Å². The van der Waals surface area contributed by atoms with Gasteiger partial charge in [0.05, 0.1) is 17.0 Å². The Morgan fingerprint density at radius 3 is 2.40 bits per heavy atom. The molecule has 1 aromatic rings. The van der Waals surface area contributed by atoms with E-state index in [1.54, 1.807) is 29.2 Å². The zero-order valence-electron chi connectivity index (χ0n) is 23.9. The van der Waals surface area contributed by atoms with E-state index in [1.807, 2.05) is 6.92 Å². The molecule has 3 heterocycles. The number of hydrogen-bond acceptors (Lipinski definition) is 5. The molecule has 0 saturated carbocycles. The van der Waals surface area contributed by atoms with Gasteiger partial charge in [0.2, 0.25) is 10.0 Å². The first-order valence-electron chi connectivity index (χ1n) is 14.8. The van der Waals surface area contributed by atoms with E-state index in [9.17, 15) is 26.4 Å². The maximum Gasteiger partial charge on any atom is 0.409 e. The van der Waals surface area contributed by atoms with E-state index in [1.165, 1.54) is 16.4 Å². The number of ether oxygens (including phenoxy) is 1. The minimum atomic E-state index is -4.04. The minimum Gasteiger partial charge on any atom is -0.448 e. The Kier molecular flexibility index (Phi) is 9.61. The molecule has 0 aromatic heterocycles. The molecule has 7 nitrogen and oxygen atoms in total. The standard InChI is InChI=1S/C30H39ClF3N3O4S/c1-21-19-24(9-10-26(21)31)42(39,40)37-23(5-4-8-28(37)25-6-2-3-7-27(25)32)20-41-29(38)36-15-11-22(12-16-36)35-17-13-30(33,34)14-18-35/h2-3,6-7,9-10,21-23,28H,4-5,8,11-20H2,1H3/t21?,23-,28+/m1/s1. The summed E-state index contributed by atoms with van der Waals surface area (Å²) in [6.07, 6.45) is 5.45. The molecule has 5 rings (SSSR count). The Morgan fingerprint density at radius 2 is 1.74 bits per heavy atom. The van der Waals surface area contributed by atoms with Crippen molar-refractivity contribution in [2.75, 3.05) is 32.8 Å². The van der Waals surface area contributed by atoms with Crippen molar-refractivity contribution in [2.24, 2.45) is 5.92 Å². The van der Waals surface area contributed by atoms with Gasteiger partial charge in [-0.2, -0.15) is 4.31 Å². The SMILES string of the molecule is CC1CC(S(=O)(=O)N2[C@@H](COC(=O)N3CCC(N4CCC(F)(F)CC4)CC3)CCC[C@H]2c2ccccc2F)=CC=C1Cl. The number of halogens is 4. The average Bonchev–Trinajstić information content (AvgIpc) is 2.97. The van der Waals surface area contributed by atoms with Crippen LogP contribution in [-0.4, -0.2) is 79.4 Å². The molecule has 1 aromatic carbocycles. The van der Waals surface area contributed by atoms with Crippen LogP contribution in [0.25, 0.3) is 0 Å². The first kappa shape index (κ1) is 31.3. The van der Waals surface area contributed by atoms with Gasteiger partial charge in [-0.1, -0.05) is 36.7 Å². The van der Waals surface area contributed by atoms with Crippen LogP contribution in [0.15, 0.2) is 46.4 Å². The van der Waals surface area contributed by atoms with Crippen molar-refractivity contribution in [1.82, 2.24) is 14.1 Å². The lowest BCUT2D eigenvalue weighted by atomic mass is 9.93. The molecular formula is C30H39ClF3N3O4S. The third kappa shape index (κ3) is 6.84. The Morgan fingerprint density at radius 1 is 1.05 bits per heavy atom. The topological polar surface area (TPSA) is 70.2 Å². The summed E-state index contributed by atoms with van der Waals surface area (Å²) in [6.45, 7) is 3.30. The quantitative estimate of drug-likeness (QED) is 0.363. The van der Waals surface area contributed by atoms with Crippen LogP contribution in [0.3, 0.4) is 0 Å². The van der Waals surface area contributed by atoms with Crippen molar-refractivity contribution in [1.29, 1.82) is 0 Å². The average molecular weight is 630 g/mol.